The molecule has 0 bridgehead atoms. The highest BCUT2D eigenvalue weighted by molar-refractivity contribution is 6.31. The minimum Gasteiger partial charge on any atom is -0.447 e. The standard InChI is InChI=1S/C17H16ClN3O2/c1-12-3-5-14(6-4-12)11-21-17(18)15(13(2)20-21)7-8-16(22)23-10-9-19/h3-8H,10-11H2,1-2H3/b8-7+. The predicted molar refractivity (Wildman–Crippen MR) is 87.9 cm³/mol. The number of hydrogen-bond acceptors (Lipinski definition) is 4. The number of rotatable bonds is 5. The van der Waals surface area contributed by atoms with Gasteiger partial charge in [0, 0.05) is 11.6 Å². The van der Waals surface area contributed by atoms with Gasteiger partial charge in [-0.2, -0.15) is 10.4 Å². The molecule has 0 N–H and O–H groups in total. The molecule has 0 aliphatic heterocycles. The highest BCUT2D eigenvalue weighted by atomic mass is 35.5. The molecular formula is C17H16ClN3O2. The third-order valence-electron chi connectivity index (χ3n) is 3.23. The molecule has 0 amide bonds. The SMILES string of the molecule is Cc1ccc(Cn2nc(C)c(/C=C/C(=O)OCC#N)c2Cl)cc1. The molecule has 6 heteroatoms. The Balaban J connectivity index is 2.16. The van der Waals surface area contributed by atoms with Gasteiger partial charge in [-0.05, 0) is 25.5 Å². The summed E-state index contributed by atoms with van der Waals surface area (Å²) in [5.74, 6) is -0.590. The Bertz CT molecular complexity index is 770. The molecule has 0 saturated heterocycles. The lowest BCUT2D eigenvalue weighted by Gasteiger charge is -2.04. The zero-order valence-corrected chi connectivity index (χ0v) is 13.7. The molecule has 1 aromatic carbocycles. The number of nitrogens with zero attached hydrogens (tertiary/aromatic N) is 3. The number of benzene rings is 1. The Hall–Kier alpha value is -2.58. The Morgan fingerprint density at radius 3 is 2.74 bits per heavy atom. The zero-order valence-electron chi connectivity index (χ0n) is 12.9. The largest absolute Gasteiger partial charge is 0.447 e. The lowest BCUT2D eigenvalue weighted by molar-refractivity contribution is -0.136. The average Bonchev–Trinajstić information content (AvgIpc) is 2.79. The lowest BCUT2D eigenvalue weighted by atomic mass is 10.1. The maximum absolute atomic E-state index is 11.4. The van der Waals surface area contributed by atoms with Gasteiger partial charge in [0.1, 0.15) is 11.2 Å². The Morgan fingerprint density at radius 2 is 2.09 bits per heavy atom. The Kier molecular flexibility index (Phi) is 5.56. The second kappa shape index (κ2) is 7.61. The van der Waals surface area contributed by atoms with Gasteiger partial charge in [-0.15, -0.1) is 0 Å². The van der Waals surface area contributed by atoms with E-state index in [0.29, 0.717) is 23.0 Å². The summed E-state index contributed by atoms with van der Waals surface area (Å²) in [6, 6.07) is 9.85. The summed E-state index contributed by atoms with van der Waals surface area (Å²) in [4.78, 5) is 11.4. The minimum atomic E-state index is -0.590. The van der Waals surface area contributed by atoms with Gasteiger partial charge in [0.25, 0.3) is 0 Å². The van der Waals surface area contributed by atoms with Crippen LogP contribution in [0.15, 0.2) is 30.3 Å². The second-order valence-corrected chi connectivity index (χ2v) is 5.39. The van der Waals surface area contributed by atoms with Crippen molar-refractivity contribution in [3.05, 3.63) is 57.9 Å². The fraction of sp³-hybridized carbons (Fsp3) is 0.235. The van der Waals surface area contributed by atoms with Crippen LogP contribution in [0, 0.1) is 25.2 Å². The number of esters is 1. The average molecular weight is 330 g/mol. The summed E-state index contributed by atoms with van der Waals surface area (Å²) in [6.07, 6.45) is 2.79. The molecular weight excluding hydrogens is 314 g/mol. The van der Waals surface area contributed by atoms with Crippen LogP contribution in [0.2, 0.25) is 5.15 Å². The van der Waals surface area contributed by atoms with E-state index in [1.165, 1.54) is 11.6 Å². The van der Waals surface area contributed by atoms with Crippen LogP contribution >= 0.6 is 11.6 Å². The molecule has 0 atom stereocenters. The highest BCUT2D eigenvalue weighted by Crippen LogP contribution is 2.22. The summed E-state index contributed by atoms with van der Waals surface area (Å²) in [6.45, 7) is 4.12. The number of carbonyl (C=O) groups is 1. The van der Waals surface area contributed by atoms with Gasteiger partial charge in [-0.25, -0.2) is 9.48 Å². The Morgan fingerprint density at radius 1 is 1.39 bits per heavy atom. The molecule has 0 fully saturated rings. The second-order valence-electron chi connectivity index (χ2n) is 5.03. The first-order chi connectivity index (χ1) is 11.0. The van der Waals surface area contributed by atoms with Gasteiger partial charge >= 0.3 is 5.97 Å². The number of ether oxygens (including phenoxy) is 1. The first kappa shape index (κ1) is 16.8. The fourth-order valence-corrected chi connectivity index (χ4v) is 2.33. The first-order valence-electron chi connectivity index (χ1n) is 7.01. The molecule has 0 unspecified atom stereocenters. The topological polar surface area (TPSA) is 67.9 Å². The maximum Gasteiger partial charge on any atom is 0.331 e. The number of nitriles is 1. The molecule has 2 rings (SSSR count). The Labute approximate surface area is 139 Å². The van der Waals surface area contributed by atoms with Gasteiger partial charge in [-0.3, -0.25) is 0 Å². The van der Waals surface area contributed by atoms with Gasteiger partial charge in [0.15, 0.2) is 6.61 Å². The van der Waals surface area contributed by atoms with Crippen molar-refractivity contribution in [2.75, 3.05) is 6.61 Å². The summed E-state index contributed by atoms with van der Waals surface area (Å²) in [5, 5.41) is 13.2. The molecule has 5 nitrogen and oxygen atoms in total. The van der Waals surface area contributed by atoms with Crippen molar-refractivity contribution in [3.8, 4) is 6.07 Å². The molecule has 0 spiro atoms. The number of halogens is 1. The molecule has 0 saturated carbocycles. The van der Waals surface area contributed by atoms with Crippen LogP contribution in [-0.2, 0) is 16.1 Å². The summed E-state index contributed by atoms with van der Waals surface area (Å²) >= 11 is 6.34. The van der Waals surface area contributed by atoms with Crippen molar-refractivity contribution in [1.29, 1.82) is 5.26 Å². The van der Waals surface area contributed by atoms with E-state index in [-0.39, 0.29) is 6.61 Å². The van der Waals surface area contributed by atoms with E-state index in [1.54, 1.807) is 16.8 Å². The van der Waals surface area contributed by atoms with Crippen LogP contribution in [0.25, 0.3) is 6.08 Å². The van der Waals surface area contributed by atoms with Gasteiger partial charge in [0.2, 0.25) is 0 Å². The van der Waals surface area contributed by atoms with E-state index in [4.69, 9.17) is 16.9 Å². The maximum atomic E-state index is 11.4. The molecule has 0 radical (unpaired) electrons. The smallest absolute Gasteiger partial charge is 0.331 e. The third-order valence-corrected chi connectivity index (χ3v) is 3.63. The molecule has 23 heavy (non-hydrogen) atoms. The third kappa shape index (κ3) is 4.44. The van der Waals surface area contributed by atoms with E-state index >= 15 is 0 Å². The molecule has 0 aliphatic rings. The summed E-state index contributed by atoms with van der Waals surface area (Å²) < 4.78 is 6.33. The van der Waals surface area contributed by atoms with Crippen molar-refractivity contribution >= 4 is 23.6 Å². The van der Waals surface area contributed by atoms with Crippen molar-refractivity contribution in [3.63, 3.8) is 0 Å². The lowest BCUT2D eigenvalue weighted by Crippen LogP contribution is -2.02. The molecule has 1 aromatic heterocycles. The molecule has 118 valence electrons. The van der Waals surface area contributed by atoms with Crippen LogP contribution in [0.3, 0.4) is 0 Å². The van der Waals surface area contributed by atoms with E-state index in [9.17, 15) is 4.79 Å². The van der Waals surface area contributed by atoms with Gasteiger partial charge in [0.05, 0.1) is 12.2 Å². The quantitative estimate of drug-likeness (QED) is 0.623. The monoisotopic (exact) mass is 329 g/mol. The van der Waals surface area contributed by atoms with Crippen molar-refractivity contribution in [2.45, 2.75) is 20.4 Å². The van der Waals surface area contributed by atoms with Crippen molar-refractivity contribution < 1.29 is 9.53 Å². The van der Waals surface area contributed by atoms with Crippen LogP contribution in [0.4, 0.5) is 0 Å². The predicted octanol–water partition coefficient (Wildman–Crippen LogP) is 3.28. The van der Waals surface area contributed by atoms with Crippen LogP contribution in [0.1, 0.15) is 22.4 Å². The van der Waals surface area contributed by atoms with E-state index in [1.807, 2.05) is 38.1 Å². The summed E-state index contributed by atoms with van der Waals surface area (Å²) in [7, 11) is 0. The zero-order chi connectivity index (χ0) is 16.8. The van der Waals surface area contributed by atoms with Crippen LogP contribution in [-0.4, -0.2) is 22.4 Å². The van der Waals surface area contributed by atoms with Crippen molar-refractivity contribution in [2.24, 2.45) is 0 Å². The van der Waals surface area contributed by atoms with E-state index < -0.39 is 5.97 Å². The molecule has 2 aromatic rings. The van der Waals surface area contributed by atoms with Gasteiger partial charge < -0.3 is 4.74 Å². The normalized spacial score (nSPS) is 10.7. The number of aryl methyl sites for hydroxylation is 2. The molecule has 0 aliphatic carbocycles. The van der Waals surface area contributed by atoms with E-state index in [0.717, 1.165) is 5.56 Å². The molecule has 1 heterocycles. The minimum absolute atomic E-state index is 0.275. The van der Waals surface area contributed by atoms with Crippen molar-refractivity contribution in [1.82, 2.24) is 9.78 Å². The number of carbonyl (C=O) groups excluding carboxylic acids is 1. The first-order valence-corrected chi connectivity index (χ1v) is 7.39. The van der Waals surface area contributed by atoms with Crippen LogP contribution < -0.4 is 0 Å². The fourth-order valence-electron chi connectivity index (χ4n) is 2.03. The van der Waals surface area contributed by atoms with Gasteiger partial charge in [-0.1, -0.05) is 41.4 Å². The number of aromatic nitrogens is 2. The number of hydrogen-bond donors (Lipinski definition) is 0. The van der Waals surface area contributed by atoms with Crippen LogP contribution in [0.5, 0.6) is 0 Å². The highest BCUT2D eigenvalue weighted by Gasteiger charge is 2.12. The summed E-state index contributed by atoms with van der Waals surface area (Å²) in [5.41, 5.74) is 3.65. The van der Waals surface area contributed by atoms with E-state index in [2.05, 4.69) is 9.84 Å².